The number of hydrogen-bond donors (Lipinski definition) is 2. The number of phenolic OH excluding ortho intramolecular Hbond substituents is 1. The molecular weight excluding hydrogens is 206 g/mol. The Labute approximate surface area is 91.5 Å². The summed E-state index contributed by atoms with van der Waals surface area (Å²) in [5, 5.41) is 10.4. The van der Waals surface area contributed by atoms with Crippen LogP contribution in [0.5, 0.6) is 5.75 Å². The van der Waals surface area contributed by atoms with Gasteiger partial charge in [-0.15, -0.1) is 0 Å². The molecule has 82 valence electrons. The number of aromatic nitrogens is 1. The van der Waals surface area contributed by atoms with Crippen LogP contribution in [-0.4, -0.2) is 15.9 Å². The summed E-state index contributed by atoms with van der Waals surface area (Å²) in [6, 6.07) is 4.46. The maximum Gasteiger partial charge on any atom is 0.248 e. The number of hydrogen-bond acceptors (Lipinski definition) is 3. The lowest BCUT2D eigenvalue weighted by Crippen LogP contribution is -2.05. The van der Waals surface area contributed by atoms with E-state index in [1.165, 1.54) is 19.1 Å². The smallest absolute Gasteiger partial charge is 0.248 e. The lowest BCUT2D eigenvalue weighted by molar-refractivity contribution is 0.101. The fourth-order valence-corrected chi connectivity index (χ4v) is 1.74. The van der Waals surface area contributed by atoms with Gasteiger partial charge in [0.25, 0.3) is 0 Å². The molecule has 2 N–H and O–H groups in total. The van der Waals surface area contributed by atoms with Gasteiger partial charge in [-0.3, -0.25) is 9.59 Å². The number of ketones is 1. The molecule has 4 heteroatoms. The Morgan fingerprint density at radius 2 is 2.00 bits per heavy atom. The van der Waals surface area contributed by atoms with E-state index in [4.69, 9.17) is 0 Å². The topological polar surface area (TPSA) is 70.2 Å². The number of H-pyrrole nitrogens is 1. The van der Waals surface area contributed by atoms with Crippen molar-refractivity contribution in [2.45, 2.75) is 13.8 Å². The lowest BCUT2D eigenvalue weighted by Gasteiger charge is -2.05. The van der Waals surface area contributed by atoms with Crippen molar-refractivity contribution in [3.63, 3.8) is 0 Å². The fourth-order valence-electron chi connectivity index (χ4n) is 1.74. The molecule has 0 atom stereocenters. The van der Waals surface area contributed by atoms with Crippen LogP contribution in [0.15, 0.2) is 23.0 Å². The second-order valence-corrected chi connectivity index (χ2v) is 3.79. The number of fused-ring (bicyclic) bond motifs is 1. The van der Waals surface area contributed by atoms with Crippen molar-refractivity contribution in [3.8, 4) is 5.75 Å². The molecule has 1 aromatic heterocycles. The Hall–Kier alpha value is -2.10. The fraction of sp³-hybridized carbons (Fsp3) is 0.167. The second-order valence-electron chi connectivity index (χ2n) is 3.79. The summed E-state index contributed by atoms with van der Waals surface area (Å²) >= 11 is 0. The van der Waals surface area contributed by atoms with Crippen LogP contribution in [-0.2, 0) is 0 Å². The van der Waals surface area contributed by atoms with Crippen molar-refractivity contribution < 1.29 is 9.90 Å². The van der Waals surface area contributed by atoms with Gasteiger partial charge in [0.15, 0.2) is 5.78 Å². The first-order chi connectivity index (χ1) is 7.49. The van der Waals surface area contributed by atoms with E-state index in [1.54, 1.807) is 13.0 Å². The number of rotatable bonds is 1. The van der Waals surface area contributed by atoms with Gasteiger partial charge in [0.05, 0.1) is 11.1 Å². The van der Waals surface area contributed by atoms with E-state index in [2.05, 4.69) is 4.98 Å². The van der Waals surface area contributed by atoms with E-state index in [0.717, 1.165) is 10.9 Å². The number of Topliss-reactive ketones (excluding diaryl/α,β-unsaturated/α-hetero) is 1. The molecule has 0 aliphatic carbocycles. The number of benzene rings is 1. The van der Waals surface area contributed by atoms with Crippen molar-refractivity contribution >= 4 is 16.7 Å². The number of aryl methyl sites for hydroxylation is 1. The van der Waals surface area contributed by atoms with Gasteiger partial charge < -0.3 is 10.1 Å². The van der Waals surface area contributed by atoms with E-state index in [1.807, 2.05) is 0 Å². The van der Waals surface area contributed by atoms with Gasteiger partial charge in [-0.2, -0.15) is 0 Å². The van der Waals surface area contributed by atoms with E-state index < -0.39 is 0 Å². The third-order valence-electron chi connectivity index (χ3n) is 2.55. The highest BCUT2D eigenvalue weighted by atomic mass is 16.3. The zero-order valence-corrected chi connectivity index (χ0v) is 9.00. The van der Waals surface area contributed by atoms with Crippen LogP contribution < -0.4 is 5.56 Å². The number of carbonyl (C=O) groups excluding carboxylic acids is 1. The molecule has 0 bridgehead atoms. The lowest BCUT2D eigenvalue weighted by atomic mass is 10.0. The van der Waals surface area contributed by atoms with Crippen LogP contribution in [0.3, 0.4) is 0 Å². The number of aromatic amines is 1. The summed E-state index contributed by atoms with van der Waals surface area (Å²) in [6.45, 7) is 3.18. The molecule has 0 aliphatic heterocycles. The van der Waals surface area contributed by atoms with Gasteiger partial charge in [0, 0.05) is 17.5 Å². The minimum absolute atomic E-state index is 0.110. The Kier molecular flexibility index (Phi) is 2.27. The largest absolute Gasteiger partial charge is 0.507 e. The summed E-state index contributed by atoms with van der Waals surface area (Å²) in [6.07, 6.45) is 0. The summed E-state index contributed by atoms with van der Waals surface area (Å²) < 4.78 is 0. The molecule has 0 saturated heterocycles. The van der Waals surface area contributed by atoms with Crippen LogP contribution in [0.4, 0.5) is 0 Å². The average molecular weight is 217 g/mol. The molecule has 4 nitrogen and oxygen atoms in total. The average Bonchev–Trinajstić information content (AvgIpc) is 2.15. The van der Waals surface area contributed by atoms with Crippen LogP contribution in [0.2, 0.25) is 0 Å². The predicted molar refractivity (Wildman–Crippen MR) is 61.0 cm³/mol. The molecular formula is C12H11NO3. The number of phenols is 1. The zero-order valence-electron chi connectivity index (χ0n) is 9.00. The van der Waals surface area contributed by atoms with Gasteiger partial charge in [0.2, 0.25) is 5.56 Å². The molecule has 16 heavy (non-hydrogen) atoms. The third-order valence-corrected chi connectivity index (χ3v) is 2.55. The molecule has 0 fully saturated rings. The molecule has 0 saturated carbocycles. The first-order valence-corrected chi connectivity index (χ1v) is 4.86. The van der Waals surface area contributed by atoms with E-state index >= 15 is 0 Å². The van der Waals surface area contributed by atoms with Gasteiger partial charge in [-0.1, -0.05) is 0 Å². The van der Waals surface area contributed by atoms with Gasteiger partial charge >= 0.3 is 0 Å². The number of aromatic hydroxyl groups is 1. The highest BCUT2D eigenvalue weighted by Gasteiger charge is 2.10. The number of carbonyl (C=O) groups is 1. The summed E-state index contributed by atoms with van der Waals surface area (Å²) in [5.41, 5.74) is 1.36. The van der Waals surface area contributed by atoms with Gasteiger partial charge in [-0.05, 0) is 25.5 Å². The van der Waals surface area contributed by atoms with Crippen LogP contribution in [0, 0.1) is 6.92 Å². The molecule has 0 unspecified atom stereocenters. The third kappa shape index (κ3) is 1.58. The minimum Gasteiger partial charge on any atom is -0.507 e. The maximum atomic E-state index is 11.3. The highest BCUT2D eigenvalue weighted by molar-refractivity contribution is 6.01. The maximum absolute atomic E-state index is 11.3. The Bertz CT molecular complexity index is 640. The highest BCUT2D eigenvalue weighted by Crippen LogP contribution is 2.25. The Morgan fingerprint density at radius 3 is 2.62 bits per heavy atom. The zero-order chi connectivity index (χ0) is 11.9. The van der Waals surface area contributed by atoms with E-state index in [-0.39, 0.29) is 22.7 Å². The summed E-state index contributed by atoms with van der Waals surface area (Å²) in [7, 11) is 0. The molecule has 0 radical (unpaired) electrons. The molecule has 0 spiro atoms. The first kappa shape index (κ1) is 10.4. The van der Waals surface area contributed by atoms with Crippen molar-refractivity contribution in [1.82, 2.24) is 4.98 Å². The van der Waals surface area contributed by atoms with Gasteiger partial charge in [-0.25, -0.2) is 0 Å². The van der Waals surface area contributed by atoms with E-state index in [9.17, 15) is 14.7 Å². The number of nitrogens with one attached hydrogen (secondary N) is 1. The predicted octanol–water partition coefficient (Wildman–Crippen LogP) is 1.74. The van der Waals surface area contributed by atoms with Crippen LogP contribution in [0.25, 0.3) is 10.9 Å². The van der Waals surface area contributed by atoms with Crippen LogP contribution >= 0.6 is 0 Å². The molecule has 2 rings (SSSR count). The molecule has 0 aliphatic rings. The standard InChI is InChI=1S/C12H11NO3/c1-6-3-12(16)13-10-5-11(15)9(7(2)14)4-8(6)10/h3-5,15H,1-2H3,(H,13,16). The van der Waals surface area contributed by atoms with Gasteiger partial charge in [0.1, 0.15) is 5.75 Å². The molecule has 0 amide bonds. The number of pyridine rings is 1. The molecule has 1 aromatic carbocycles. The quantitative estimate of drug-likeness (QED) is 0.715. The van der Waals surface area contributed by atoms with Crippen LogP contribution in [0.1, 0.15) is 22.8 Å². The summed E-state index contributed by atoms with van der Waals surface area (Å²) in [4.78, 5) is 25.1. The SMILES string of the molecule is CC(=O)c1cc2c(C)cc(=O)[nH]c2cc1O. The monoisotopic (exact) mass is 217 g/mol. The van der Waals surface area contributed by atoms with E-state index in [0.29, 0.717) is 5.52 Å². The summed E-state index contributed by atoms with van der Waals surface area (Å²) in [5.74, 6) is -0.314. The Balaban J connectivity index is 2.90. The van der Waals surface area contributed by atoms with Crippen molar-refractivity contribution in [1.29, 1.82) is 0 Å². The minimum atomic E-state index is -0.222. The molecule has 2 aromatic rings. The Morgan fingerprint density at radius 1 is 1.31 bits per heavy atom. The molecule has 1 heterocycles. The van der Waals surface area contributed by atoms with Crippen molar-refractivity contribution in [3.05, 3.63) is 39.7 Å². The second kappa shape index (κ2) is 3.48. The normalized spacial score (nSPS) is 10.6. The van der Waals surface area contributed by atoms with Crippen molar-refractivity contribution in [2.75, 3.05) is 0 Å². The van der Waals surface area contributed by atoms with Crippen molar-refractivity contribution in [2.24, 2.45) is 0 Å². The first-order valence-electron chi connectivity index (χ1n) is 4.86.